The number of carbonyl (C=O) groups excluding carboxylic acids is 1. The fourth-order valence-corrected chi connectivity index (χ4v) is 2.64. The molecule has 1 fully saturated rings. The van der Waals surface area contributed by atoms with Crippen LogP contribution in [0, 0.1) is 5.92 Å². The molecule has 116 valence electrons. The summed E-state index contributed by atoms with van der Waals surface area (Å²) >= 11 is 0. The average molecular weight is 285 g/mol. The van der Waals surface area contributed by atoms with Gasteiger partial charge in [-0.3, -0.25) is 9.59 Å². The molecule has 3 unspecified atom stereocenters. The van der Waals surface area contributed by atoms with Crippen molar-refractivity contribution >= 4 is 11.9 Å². The lowest BCUT2D eigenvalue weighted by molar-refractivity contribution is -0.140. The van der Waals surface area contributed by atoms with E-state index in [1.54, 1.807) is 0 Å². The molecule has 0 aromatic rings. The summed E-state index contributed by atoms with van der Waals surface area (Å²) in [7, 11) is 0. The Balaban J connectivity index is 2.29. The Kier molecular flexibility index (Phi) is 7.59. The quantitative estimate of drug-likeness (QED) is 0.671. The maximum absolute atomic E-state index is 12.0. The molecule has 0 saturated heterocycles. The predicted molar refractivity (Wildman–Crippen MR) is 76.5 cm³/mol. The number of nitrogens with one attached hydrogen (secondary N) is 1. The zero-order valence-corrected chi connectivity index (χ0v) is 12.6. The smallest absolute Gasteiger partial charge is 0.303 e. The molecule has 0 aromatic heterocycles. The molecular weight excluding hydrogens is 258 g/mol. The topological polar surface area (TPSA) is 75.6 Å². The molecule has 0 radical (unpaired) electrons. The highest BCUT2D eigenvalue weighted by Gasteiger charge is 2.25. The minimum absolute atomic E-state index is 0.0814. The van der Waals surface area contributed by atoms with E-state index < -0.39 is 12.1 Å². The van der Waals surface area contributed by atoms with Gasteiger partial charge in [-0.25, -0.2) is 0 Å². The maximum Gasteiger partial charge on any atom is 0.303 e. The SMILES string of the molecule is CCC(OC1CCCC(C)C1)C(=O)NCCCC(=O)O. The Morgan fingerprint density at radius 2 is 2.15 bits per heavy atom. The first kappa shape index (κ1) is 17.0. The first-order chi connectivity index (χ1) is 9.52. The lowest BCUT2D eigenvalue weighted by atomic mass is 9.88. The largest absolute Gasteiger partial charge is 0.481 e. The summed E-state index contributed by atoms with van der Waals surface area (Å²) in [5, 5.41) is 11.3. The molecule has 0 aliphatic heterocycles. The highest BCUT2D eigenvalue weighted by Crippen LogP contribution is 2.26. The summed E-state index contributed by atoms with van der Waals surface area (Å²) < 4.78 is 5.92. The van der Waals surface area contributed by atoms with Gasteiger partial charge in [-0.15, -0.1) is 0 Å². The van der Waals surface area contributed by atoms with Crippen LogP contribution in [0.2, 0.25) is 0 Å². The Morgan fingerprint density at radius 3 is 2.75 bits per heavy atom. The van der Waals surface area contributed by atoms with Gasteiger partial charge in [0.1, 0.15) is 6.10 Å². The van der Waals surface area contributed by atoms with E-state index in [2.05, 4.69) is 12.2 Å². The molecule has 0 heterocycles. The van der Waals surface area contributed by atoms with E-state index in [9.17, 15) is 9.59 Å². The van der Waals surface area contributed by atoms with E-state index in [0.29, 0.717) is 25.3 Å². The van der Waals surface area contributed by atoms with Gasteiger partial charge in [0.05, 0.1) is 6.10 Å². The van der Waals surface area contributed by atoms with Crippen LogP contribution in [-0.2, 0) is 14.3 Å². The second-order valence-corrected chi connectivity index (χ2v) is 5.72. The predicted octanol–water partition coefficient (Wildman–Crippen LogP) is 2.34. The Hall–Kier alpha value is -1.10. The van der Waals surface area contributed by atoms with Crippen LogP contribution < -0.4 is 5.32 Å². The molecule has 0 aromatic carbocycles. The summed E-state index contributed by atoms with van der Waals surface area (Å²) in [6.45, 7) is 4.56. The molecule has 1 saturated carbocycles. The normalized spacial score (nSPS) is 24.1. The Labute approximate surface area is 121 Å². The number of carboxylic acid groups (broad SMARTS) is 1. The molecule has 5 heteroatoms. The fourth-order valence-electron chi connectivity index (χ4n) is 2.64. The van der Waals surface area contributed by atoms with Gasteiger partial charge in [-0.05, 0) is 31.6 Å². The standard InChI is InChI=1S/C15H27NO4/c1-3-13(15(19)16-9-5-8-14(17)18)20-12-7-4-6-11(2)10-12/h11-13H,3-10H2,1-2H3,(H,16,19)(H,17,18). The molecule has 20 heavy (non-hydrogen) atoms. The highest BCUT2D eigenvalue weighted by molar-refractivity contribution is 5.80. The van der Waals surface area contributed by atoms with Gasteiger partial charge in [0.2, 0.25) is 5.91 Å². The number of aliphatic carboxylic acids is 1. The fraction of sp³-hybridized carbons (Fsp3) is 0.867. The lowest BCUT2D eigenvalue weighted by Crippen LogP contribution is -2.39. The van der Waals surface area contributed by atoms with E-state index in [1.807, 2.05) is 6.92 Å². The van der Waals surface area contributed by atoms with Gasteiger partial charge in [0.25, 0.3) is 0 Å². The molecule has 3 atom stereocenters. The minimum Gasteiger partial charge on any atom is -0.481 e. The van der Waals surface area contributed by atoms with Crippen molar-refractivity contribution < 1.29 is 19.4 Å². The Morgan fingerprint density at radius 1 is 1.40 bits per heavy atom. The number of carbonyl (C=O) groups is 2. The summed E-state index contributed by atoms with van der Waals surface area (Å²) in [6.07, 6.45) is 5.45. The van der Waals surface area contributed by atoms with Crippen molar-refractivity contribution in [3.63, 3.8) is 0 Å². The van der Waals surface area contributed by atoms with Crippen LogP contribution in [0.5, 0.6) is 0 Å². The van der Waals surface area contributed by atoms with Crippen molar-refractivity contribution in [2.75, 3.05) is 6.54 Å². The van der Waals surface area contributed by atoms with Crippen LogP contribution in [0.25, 0.3) is 0 Å². The molecule has 1 aliphatic carbocycles. The molecule has 1 aliphatic rings. The molecule has 0 bridgehead atoms. The summed E-state index contributed by atoms with van der Waals surface area (Å²) in [5.74, 6) is -0.278. The zero-order chi connectivity index (χ0) is 15.0. The number of rotatable bonds is 8. The van der Waals surface area contributed by atoms with Crippen LogP contribution in [-0.4, -0.2) is 35.7 Å². The van der Waals surface area contributed by atoms with Gasteiger partial charge in [-0.1, -0.05) is 26.7 Å². The molecule has 0 spiro atoms. The van der Waals surface area contributed by atoms with Crippen molar-refractivity contribution in [3.05, 3.63) is 0 Å². The average Bonchev–Trinajstić information content (AvgIpc) is 2.40. The summed E-state index contributed by atoms with van der Waals surface area (Å²) in [5.41, 5.74) is 0. The molecular formula is C15H27NO4. The lowest BCUT2D eigenvalue weighted by Gasteiger charge is -2.29. The number of ether oxygens (including phenoxy) is 1. The first-order valence-corrected chi connectivity index (χ1v) is 7.67. The first-order valence-electron chi connectivity index (χ1n) is 7.67. The Bertz CT molecular complexity index is 319. The van der Waals surface area contributed by atoms with Crippen LogP contribution in [0.4, 0.5) is 0 Å². The third-order valence-corrected chi connectivity index (χ3v) is 3.77. The van der Waals surface area contributed by atoms with Gasteiger partial charge in [0.15, 0.2) is 0 Å². The summed E-state index contributed by atoms with van der Waals surface area (Å²) in [4.78, 5) is 22.4. The van der Waals surface area contributed by atoms with Crippen LogP contribution in [0.1, 0.15) is 58.8 Å². The van der Waals surface area contributed by atoms with Crippen molar-refractivity contribution in [2.24, 2.45) is 5.92 Å². The highest BCUT2D eigenvalue weighted by atomic mass is 16.5. The van der Waals surface area contributed by atoms with Crippen LogP contribution in [0.15, 0.2) is 0 Å². The second-order valence-electron chi connectivity index (χ2n) is 5.72. The minimum atomic E-state index is -0.835. The van der Waals surface area contributed by atoms with Crippen LogP contribution >= 0.6 is 0 Å². The van der Waals surface area contributed by atoms with Crippen molar-refractivity contribution in [3.8, 4) is 0 Å². The van der Waals surface area contributed by atoms with Crippen molar-refractivity contribution in [2.45, 2.75) is 71.0 Å². The summed E-state index contributed by atoms with van der Waals surface area (Å²) in [6, 6.07) is 0. The van der Waals surface area contributed by atoms with E-state index in [4.69, 9.17) is 9.84 Å². The monoisotopic (exact) mass is 285 g/mol. The molecule has 1 rings (SSSR count). The number of hydrogen-bond acceptors (Lipinski definition) is 3. The number of carboxylic acids is 1. The molecule has 1 amide bonds. The second kappa shape index (κ2) is 8.95. The molecule has 2 N–H and O–H groups in total. The van der Waals surface area contributed by atoms with E-state index in [0.717, 1.165) is 12.8 Å². The number of amides is 1. The third kappa shape index (κ3) is 6.37. The maximum atomic E-state index is 12.0. The molecule has 5 nitrogen and oxygen atoms in total. The van der Waals surface area contributed by atoms with Gasteiger partial charge in [0, 0.05) is 13.0 Å². The van der Waals surface area contributed by atoms with Crippen LogP contribution in [0.3, 0.4) is 0 Å². The van der Waals surface area contributed by atoms with Gasteiger partial charge in [-0.2, -0.15) is 0 Å². The van der Waals surface area contributed by atoms with Gasteiger partial charge < -0.3 is 15.2 Å². The number of hydrogen-bond donors (Lipinski definition) is 2. The third-order valence-electron chi connectivity index (χ3n) is 3.77. The van der Waals surface area contributed by atoms with Gasteiger partial charge >= 0.3 is 5.97 Å². The van der Waals surface area contributed by atoms with E-state index in [1.165, 1.54) is 12.8 Å². The van der Waals surface area contributed by atoms with Crippen molar-refractivity contribution in [1.29, 1.82) is 0 Å². The van der Waals surface area contributed by atoms with E-state index >= 15 is 0 Å². The van der Waals surface area contributed by atoms with E-state index in [-0.39, 0.29) is 18.4 Å². The van der Waals surface area contributed by atoms with Crippen molar-refractivity contribution in [1.82, 2.24) is 5.32 Å². The zero-order valence-electron chi connectivity index (χ0n) is 12.6.